The van der Waals surface area contributed by atoms with Gasteiger partial charge in [-0.3, -0.25) is 0 Å². The quantitative estimate of drug-likeness (QED) is 0.477. The maximum Gasteiger partial charge on any atom is 0.160 e. The molecule has 1 aromatic carbocycles. The molecule has 0 saturated heterocycles. The predicted octanol–water partition coefficient (Wildman–Crippen LogP) is 3.58. The van der Waals surface area contributed by atoms with Crippen molar-refractivity contribution in [1.29, 1.82) is 0 Å². The van der Waals surface area contributed by atoms with Crippen LogP contribution in [-0.4, -0.2) is 26.1 Å². The van der Waals surface area contributed by atoms with Gasteiger partial charge in [-0.15, -0.1) is 6.58 Å². The molecule has 0 fully saturated rings. The summed E-state index contributed by atoms with van der Waals surface area (Å²) >= 11 is 0. The molecule has 1 aromatic rings. The van der Waals surface area contributed by atoms with Crippen LogP contribution in [0.15, 0.2) is 36.9 Å². The van der Waals surface area contributed by atoms with E-state index in [0.717, 1.165) is 24.2 Å². The Hall–Kier alpha value is -1.32. The lowest BCUT2D eigenvalue weighted by Crippen LogP contribution is -2.20. The summed E-state index contributed by atoms with van der Waals surface area (Å²) in [4.78, 5) is 0. The van der Waals surface area contributed by atoms with E-state index in [1.54, 1.807) is 0 Å². The summed E-state index contributed by atoms with van der Waals surface area (Å²) in [5.74, 6) is 0.911. The van der Waals surface area contributed by atoms with Gasteiger partial charge in [0.05, 0.1) is 6.61 Å². The molecule has 0 amide bonds. The van der Waals surface area contributed by atoms with Gasteiger partial charge in [-0.05, 0) is 31.9 Å². The molecule has 19 heavy (non-hydrogen) atoms. The highest BCUT2D eigenvalue weighted by atomic mass is 16.7. The van der Waals surface area contributed by atoms with Crippen LogP contribution in [0.2, 0.25) is 0 Å². The Morgan fingerprint density at radius 2 is 1.84 bits per heavy atom. The van der Waals surface area contributed by atoms with Crippen molar-refractivity contribution in [2.45, 2.75) is 33.0 Å². The van der Waals surface area contributed by atoms with E-state index in [9.17, 15) is 0 Å². The van der Waals surface area contributed by atoms with Gasteiger partial charge in [0.25, 0.3) is 0 Å². The molecule has 0 aliphatic rings. The first-order valence-corrected chi connectivity index (χ1v) is 6.86. The first-order chi connectivity index (χ1) is 9.31. The number of para-hydroxylation sites is 1. The molecule has 106 valence electrons. The minimum atomic E-state index is -0.179. The zero-order valence-corrected chi connectivity index (χ0v) is 11.9. The first-order valence-electron chi connectivity index (χ1n) is 6.86. The Morgan fingerprint density at radius 1 is 1.16 bits per heavy atom. The van der Waals surface area contributed by atoms with Crippen LogP contribution in [0, 0.1) is 0 Å². The summed E-state index contributed by atoms with van der Waals surface area (Å²) in [5, 5.41) is 0. The summed E-state index contributed by atoms with van der Waals surface area (Å²) < 4.78 is 16.8. The van der Waals surface area contributed by atoms with Crippen molar-refractivity contribution in [3.8, 4) is 5.75 Å². The molecule has 0 aliphatic carbocycles. The van der Waals surface area contributed by atoms with Gasteiger partial charge < -0.3 is 14.2 Å². The Bertz CT molecular complexity index is 357. The largest absolute Gasteiger partial charge is 0.493 e. The van der Waals surface area contributed by atoms with E-state index in [-0.39, 0.29) is 6.29 Å². The molecule has 0 saturated carbocycles. The van der Waals surface area contributed by atoms with E-state index in [2.05, 4.69) is 12.6 Å². The second-order valence-electron chi connectivity index (χ2n) is 4.08. The topological polar surface area (TPSA) is 27.7 Å². The van der Waals surface area contributed by atoms with Gasteiger partial charge in [-0.25, -0.2) is 0 Å². The lowest BCUT2D eigenvalue weighted by Gasteiger charge is -2.17. The van der Waals surface area contributed by atoms with Gasteiger partial charge in [-0.1, -0.05) is 24.3 Å². The molecule has 0 aliphatic heterocycles. The number of hydrogen-bond acceptors (Lipinski definition) is 3. The molecule has 0 bridgehead atoms. The van der Waals surface area contributed by atoms with Gasteiger partial charge in [-0.2, -0.15) is 0 Å². The molecule has 0 heterocycles. The van der Waals surface area contributed by atoms with Crippen molar-refractivity contribution < 1.29 is 14.2 Å². The van der Waals surface area contributed by atoms with E-state index < -0.39 is 0 Å². The number of ether oxygens (including phenoxy) is 3. The van der Waals surface area contributed by atoms with Crippen LogP contribution >= 0.6 is 0 Å². The third kappa shape index (κ3) is 5.90. The standard InChI is InChI=1S/C16H24O3/c1-4-9-14-10-7-8-11-15(14)19-13-12-16(17-5-2)18-6-3/h4,7-8,10-11,16H,1,5-6,9,12-13H2,2-3H3. The minimum Gasteiger partial charge on any atom is -0.493 e. The van der Waals surface area contributed by atoms with Crippen LogP contribution in [0.1, 0.15) is 25.8 Å². The Morgan fingerprint density at radius 3 is 2.47 bits per heavy atom. The van der Waals surface area contributed by atoms with Crippen molar-refractivity contribution in [2.24, 2.45) is 0 Å². The smallest absolute Gasteiger partial charge is 0.160 e. The van der Waals surface area contributed by atoms with Crippen LogP contribution in [0.5, 0.6) is 5.75 Å². The zero-order valence-electron chi connectivity index (χ0n) is 11.9. The third-order valence-corrected chi connectivity index (χ3v) is 2.65. The van der Waals surface area contributed by atoms with E-state index >= 15 is 0 Å². The summed E-state index contributed by atoms with van der Waals surface area (Å²) in [6.07, 6.45) is 3.24. The van der Waals surface area contributed by atoms with Crippen molar-refractivity contribution >= 4 is 0 Å². The van der Waals surface area contributed by atoms with Gasteiger partial charge in [0.1, 0.15) is 5.75 Å². The molecule has 0 spiro atoms. The molecule has 1 rings (SSSR count). The molecule has 0 aromatic heterocycles. The number of rotatable bonds is 10. The van der Waals surface area contributed by atoms with Crippen LogP contribution in [-0.2, 0) is 15.9 Å². The second-order valence-corrected chi connectivity index (χ2v) is 4.08. The van der Waals surface area contributed by atoms with Crippen molar-refractivity contribution in [3.05, 3.63) is 42.5 Å². The van der Waals surface area contributed by atoms with Gasteiger partial charge in [0.15, 0.2) is 6.29 Å². The lowest BCUT2D eigenvalue weighted by molar-refractivity contribution is -0.142. The summed E-state index contributed by atoms with van der Waals surface area (Å²) in [6.45, 7) is 9.57. The third-order valence-electron chi connectivity index (χ3n) is 2.65. The fourth-order valence-electron chi connectivity index (χ4n) is 1.82. The SMILES string of the molecule is C=CCc1ccccc1OCCC(OCC)OCC. The monoisotopic (exact) mass is 264 g/mol. The molecule has 0 N–H and O–H groups in total. The summed E-state index contributed by atoms with van der Waals surface area (Å²) in [6, 6.07) is 8.02. The maximum atomic E-state index is 5.81. The zero-order chi connectivity index (χ0) is 13.9. The average Bonchev–Trinajstić information content (AvgIpc) is 2.41. The highest BCUT2D eigenvalue weighted by Gasteiger charge is 2.08. The average molecular weight is 264 g/mol. The van der Waals surface area contributed by atoms with Gasteiger partial charge >= 0.3 is 0 Å². The van der Waals surface area contributed by atoms with E-state index in [0.29, 0.717) is 19.8 Å². The van der Waals surface area contributed by atoms with E-state index in [4.69, 9.17) is 14.2 Å². The number of allylic oxidation sites excluding steroid dienone is 1. The fourth-order valence-corrected chi connectivity index (χ4v) is 1.82. The molecule has 3 nitrogen and oxygen atoms in total. The first kappa shape index (κ1) is 15.7. The molecular weight excluding hydrogens is 240 g/mol. The minimum absolute atomic E-state index is 0.179. The Balaban J connectivity index is 2.44. The molecule has 0 radical (unpaired) electrons. The highest BCUT2D eigenvalue weighted by molar-refractivity contribution is 5.34. The Kier molecular flexibility index (Phi) is 7.94. The van der Waals surface area contributed by atoms with Crippen LogP contribution in [0.25, 0.3) is 0 Å². The highest BCUT2D eigenvalue weighted by Crippen LogP contribution is 2.19. The molecule has 0 atom stereocenters. The number of benzene rings is 1. The van der Waals surface area contributed by atoms with Crippen molar-refractivity contribution in [2.75, 3.05) is 19.8 Å². The fraction of sp³-hybridized carbons (Fsp3) is 0.500. The van der Waals surface area contributed by atoms with Crippen LogP contribution in [0.4, 0.5) is 0 Å². The number of hydrogen-bond donors (Lipinski definition) is 0. The van der Waals surface area contributed by atoms with Gasteiger partial charge in [0.2, 0.25) is 0 Å². The maximum absolute atomic E-state index is 5.81. The molecule has 3 heteroatoms. The van der Waals surface area contributed by atoms with Crippen LogP contribution < -0.4 is 4.74 Å². The second kappa shape index (κ2) is 9.59. The van der Waals surface area contributed by atoms with Crippen molar-refractivity contribution in [1.82, 2.24) is 0 Å². The summed E-state index contributed by atoms with van der Waals surface area (Å²) in [5.41, 5.74) is 1.15. The Labute approximate surface area is 116 Å². The van der Waals surface area contributed by atoms with E-state index in [1.165, 1.54) is 0 Å². The van der Waals surface area contributed by atoms with Crippen molar-refractivity contribution in [3.63, 3.8) is 0 Å². The molecular formula is C16H24O3. The van der Waals surface area contributed by atoms with Gasteiger partial charge in [0, 0.05) is 19.6 Å². The summed E-state index contributed by atoms with van der Waals surface area (Å²) in [7, 11) is 0. The predicted molar refractivity (Wildman–Crippen MR) is 77.5 cm³/mol. The normalized spacial score (nSPS) is 10.7. The lowest BCUT2D eigenvalue weighted by atomic mass is 10.1. The van der Waals surface area contributed by atoms with E-state index in [1.807, 2.05) is 38.1 Å². The van der Waals surface area contributed by atoms with Crippen LogP contribution in [0.3, 0.4) is 0 Å². The molecule has 0 unspecified atom stereocenters.